The Hall–Kier alpha value is -4.81. The zero-order valence-corrected chi connectivity index (χ0v) is 35.6. The minimum Gasteiger partial charge on any atom is -0.455 e. The number of allylic oxidation sites excluding steroid dienone is 1. The van der Waals surface area contributed by atoms with Gasteiger partial charge in [0.25, 0.3) is 0 Å². The van der Waals surface area contributed by atoms with E-state index < -0.39 is 0 Å². The number of halogens is 1. The number of pyridine rings is 1. The Bertz CT molecular complexity index is 2280. The molecule has 3 heterocycles. The topological polar surface area (TPSA) is 124 Å². The van der Waals surface area contributed by atoms with Crippen molar-refractivity contribution in [2.75, 3.05) is 49.5 Å². The van der Waals surface area contributed by atoms with Crippen LogP contribution in [0.1, 0.15) is 70.1 Å². The monoisotopic (exact) mass is 818 g/mol. The second-order valence-corrected chi connectivity index (χ2v) is 17.6. The van der Waals surface area contributed by atoms with Crippen molar-refractivity contribution in [2.45, 2.75) is 70.7 Å². The van der Waals surface area contributed by atoms with Crippen molar-refractivity contribution < 1.29 is 4.74 Å². The van der Waals surface area contributed by atoms with Gasteiger partial charge < -0.3 is 30.4 Å². The second-order valence-electron chi connectivity index (χ2n) is 16.3. The molecule has 2 aromatic heterocycles. The summed E-state index contributed by atoms with van der Waals surface area (Å²) in [6.07, 6.45) is 9.00. The summed E-state index contributed by atoms with van der Waals surface area (Å²) >= 11 is 7.68. The van der Waals surface area contributed by atoms with Gasteiger partial charge in [-0.1, -0.05) is 56.7 Å². The molecule has 12 heteroatoms. The van der Waals surface area contributed by atoms with E-state index in [-0.39, 0.29) is 11.5 Å². The molecule has 0 unspecified atom stereocenters. The summed E-state index contributed by atoms with van der Waals surface area (Å²) in [7, 11) is 0. The van der Waals surface area contributed by atoms with Crippen LogP contribution in [0.5, 0.6) is 11.5 Å². The summed E-state index contributed by atoms with van der Waals surface area (Å²) in [6.45, 7) is 18.4. The smallest absolute Gasteiger partial charge is 0.146 e. The fourth-order valence-corrected chi connectivity index (χ4v) is 8.90. The Morgan fingerprint density at radius 1 is 1.10 bits per heavy atom. The van der Waals surface area contributed by atoms with Crippen molar-refractivity contribution in [2.24, 2.45) is 16.3 Å². The van der Waals surface area contributed by atoms with Gasteiger partial charge in [0, 0.05) is 89.8 Å². The lowest BCUT2D eigenvalue weighted by Gasteiger charge is -2.37. The zero-order valence-electron chi connectivity index (χ0n) is 34.0. The van der Waals surface area contributed by atoms with Gasteiger partial charge in [0.15, 0.2) is 0 Å². The largest absolute Gasteiger partial charge is 0.455 e. The molecule has 0 bridgehead atoms. The van der Waals surface area contributed by atoms with Gasteiger partial charge in [-0.15, -0.1) is 4.91 Å². The molecule has 0 spiro atoms. The summed E-state index contributed by atoms with van der Waals surface area (Å²) in [4.78, 5) is 25.6. The molecule has 7 rings (SSSR count). The van der Waals surface area contributed by atoms with E-state index in [1.54, 1.807) is 17.8 Å². The lowest BCUT2D eigenvalue weighted by molar-refractivity contribution is 0.276. The molecule has 10 nitrogen and oxygen atoms in total. The number of anilines is 2. The molecule has 0 amide bonds. The molecule has 0 radical (unpaired) electrons. The van der Waals surface area contributed by atoms with E-state index in [9.17, 15) is 4.91 Å². The molecule has 304 valence electrons. The Morgan fingerprint density at radius 3 is 2.64 bits per heavy atom. The first-order valence-corrected chi connectivity index (χ1v) is 21.5. The number of aromatic nitrogens is 2. The van der Waals surface area contributed by atoms with Crippen LogP contribution in [0, 0.1) is 10.3 Å². The third-order valence-corrected chi connectivity index (χ3v) is 12.4. The molecule has 58 heavy (non-hydrogen) atoms. The van der Waals surface area contributed by atoms with Gasteiger partial charge in [-0.25, -0.2) is 4.98 Å². The molecule has 1 atom stereocenters. The van der Waals surface area contributed by atoms with E-state index in [0.29, 0.717) is 29.4 Å². The van der Waals surface area contributed by atoms with E-state index >= 15 is 0 Å². The van der Waals surface area contributed by atoms with Crippen LogP contribution in [0.4, 0.5) is 17.1 Å². The van der Waals surface area contributed by atoms with Gasteiger partial charge in [-0.05, 0) is 127 Å². The number of H-pyrrole nitrogens is 1. The van der Waals surface area contributed by atoms with Gasteiger partial charge >= 0.3 is 0 Å². The summed E-state index contributed by atoms with van der Waals surface area (Å²) in [5, 5.41) is 8.45. The van der Waals surface area contributed by atoms with Crippen molar-refractivity contribution in [3.05, 3.63) is 118 Å². The molecule has 0 saturated carbocycles. The maximum atomic E-state index is 11.9. The summed E-state index contributed by atoms with van der Waals surface area (Å²) in [5.74, 6) is 1.31. The summed E-state index contributed by atoms with van der Waals surface area (Å²) < 4.78 is 10.0. The number of hydrogen-bond donors (Lipinski definition) is 4. The normalized spacial score (nSPS) is 16.6. The average molecular weight is 820 g/mol. The third kappa shape index (κ3) is 9.89. The molecule has 1 aliphatic heterocycles. The Morgan fingerprint density at radius 2 is 1.90 bits per heavy atom. The van der Waals surface area contributed by atoms with Crippen LogP contribution in [0.25, 0.3) is 22.3 Å². The number of fused-ring (bicyclic) bond motifs is 1. The lowest BCUT2D eigenvalue weighted by atomic mass is 9.81. The number of rotatable bonds is 15. The molecule has 5 aromatic rings. The molecular formula is C46H55ClN8O2S. The van der Waals surface area contributed by atoms with Crippen molar-refractivity contribution in [1.29, 1.82) is 0 Å². The average Bonchev–Trinajstić information content (AvgIpc) is 3.64. The first-order chi connectivity index (χ1) is 28.0. The number of piperazine rings is 1. The van der Waals surface area contributed by atoms with Crippen LogP contribution < -0.4 is 25.4 Å². The van der Waals surface area contributed by atoms with E-state index in [2.05, 4.69) is 98.7 Å². The number of nitroso groups, excluding NO2 is 1. The van der Waals surface area contributed by atoms with Crippen molar-refractivity contribution in [3.63, 3.8) is 0 Å². The molecule has 1 aliphatic carbocycles. The maximum absolute atomic E-state index is 11.9. The predicted molar refractivity (Wildman–Crippen MR) is 243 cm³/mol. The fourth-order valence-electron chi connectivity index (χ4n) is 8.05. The molecule has 3 aromatic carbocycles. The Kier molecular flexibility index (Phi) is 13.1. The molecule has 1 fully saturated rings. The number of nitrogens with two attached hydrogens (primary N) is 1. The summed E-state index contributed by atoms with van der Waals surface area (Å²) in [5.41, 5.74) is 16.0. The first-order valence-electron chi connectivity index (χ1n) is 20.3. The zero-order chi connectivity index (χ0) is 40.8. The number of ether oxygens (including phenoxy) is 1. The third-order valence-electron chi connectivity index (χ3n) is 11.3. The second kappa shape index (κ2) is 18.4. The van der Waals surface area contributed by atoms with Crippen LogP contribution in [0.15, 0.2) is 101 Å². The van der Waals surface area contributed by atoms with Gasteiger partial charge in [-0.2, -0.15) is 0 Å². The SMILES string of the molecule is C=C(NSc1cc(CC)c(N[C@@H](C)CN)c(N=O)c1)c1ccc(N2CCN(CC3=C(c4ccc(Cl)cc4)CC(C)(C)CCC3)CC2)cc1Oc1cnc2[nH]ccc2c1. The van der Waals surface area contributed by atoms with E-state index in [0.717, 1.165) is 95.4 Å². The minimum atomic E-state index is 0.00579. The van der Waals surface area contributed by atoms with Crippen LogP contribution in [-0.2, 0) is 6.42 Å². The van der Waals surface area contributed by atoms with Gasteiger partial charge in [0.05, 0.1) is 11.9 Å². The number of hydrogen-bond acceptors (Lipinski definition) is 10. The quantitative estimate of drug-likeness (QED) is 0.0604. The van der Waals surface area contributed by atoms with Gasteiger partial charge in [-0.3, -0.25) is 4.90 Å². The standard InChI is InChI=1S/C46H55ClN8O2S/c1-6-32-23-39(25-42(52-56)44(32)51-30(2)27-48)58-53-31(3)40-14-13-37(24-43(40)57-38-22-34-15-17-49-45(34)50-28-38)55-20-18-54(19-21-55)29-35-8-7-16-46(4,5)26-41(35)33-9-11-36(47)12-10-33/h9-15,17,22-25,28,30,51,53H,3,6-8,16,18-21,26-27,29,48H2,1-2,4-5H3,(H,49,50)/t30-/m0/s1. The van der Waals surface area contributed by atoms with Crippen LogP contribution >= 0.6 is 23.5 Å². The number of nitrogens with zero attached hydrogens (tertiary/aromatic N) is 4. The molecular weight excluding hydrogens is 764 g/mol. The van der Waals surface area contributed by atoms with E-state index in [1.807, 2.05) is 37.4 Å². The Balaban J connectivity index is 1.09. The maximum Gasteiger partial charge on any atom is 0.146 e. The molecule has 5 N–H and O–H groups in total. The number of benzene rings is 3. The van der Waals surface area contributed by atoms with Gasteiger partial charge in [0.1, 0.15) is 22.8 Å². The number of aromatic amines is 1. The highest BCUT2D eigenvalue weighted by Crippen LogP contribution is 2.42. The van der Waals surface area contributed by atoms with Gasteiger partial charge in [0.2, 0.25) is 0 Å². The highest BCUT2D eigenvalue weighted by molar-refractivity contribution is 7.97. The van der Waals surface area contributed by atoms with Crippen molar-refractivity contribution in [1.82, 2.24) is 19.6 Å². The highest BCUT2D eigenvalue weighted by atomic mass is 35.5. The van der Waals surface area contributed by atoms with Crippen LogP contribution in [-0.4, -0.2) is 60.2 Å². The highest BCUT2D eigenvalue weighted by Gasteiger charge is 2.28. The molecule has 1 saturated heterocycles. The summed E-state index contributed by atoms with van der Waals surface area (Å²) in [6, 6.07) is 22.6. The molecule has 2 aliphatic rings. The number of nitrogens with one attached hydrogen (secondary N) is 3. The van der Waals surface area contributed by atoms with Crippen molar-refractivity contribution in [3.8, 4) is 11.5 Å². The number of aryl methyl sites for hydroxylation is 1. The van der Waals surface area contributed by atoms with E-state index in [4.69, 9.17) is 22.1 Å². The van der Waals surface area contributed by atoms with Crippen LogP contribution in [0.2, 0.25) is 5.02 Å². The fraction of sp³-hybridized carbons (Fsp3) is 0.370. The van der Waals surface area contributed by atoms with Crippen LogP contribution in [0.3, 0.4) is 0 Å². The lowest BCUT2D eigenvalue weighted by Crippen LogP contribution is -2.47. The Labute approximate surface area is 351 Å². The van der Waals surface area contributed by atoms with E-state index in [1.165, 1.54) is 35.9 Å². The predicted octanol–water partition coefficient (Wildman–Crippen LogP) is 11.2. The van der Waals surface area contributed by atoms with Crippen molar-refractivity contribution >= 4 is 62.9 Å². The first kappa shape index (κ1) is 41.4. The minimum absolute atomic E-state index is 0.00579.